The van der Waals surface area contributed by atoms with Gasteiger partial charge in [0, 0.05) is 23.9 Å². The molecule has 1 fully saturated rings. The number of nitrogens with one attached hydrogen (secondary N) is 1. The van der Waals surface area contributed by atoms with Crippen LogP contribution in [0.5, 0.6) is 0 Å². The van der Waals surface area contributed by atoms with E-state index >= 15 is 0 Å². The molecular weight excluding hydrogens is 210 g/mol. The zero-order valence-electron chi connectivity index (χ0n) is 8.07. The van der Waals surface area contributed by atoms with E-state index in [1.807, 2.05) is 18.3 Å². The number of halogens is 1. The fraction of sp³-hybridized carbons (Fsp3) is 0.273. The molecule has 0 bridgehead atoms. The van der Waals surface area contributed by atoms with E-state index in [2.05, 4.69) is 15.2 Å². The van der Waals surface area contributed by atoms with E-state index in [4.69, 9.17) is 11.6 Å². The Balaban J connectivity index is 2.12. The monoisotopic (exact) mass is 219 g/mol. The summed E-state index contributed by atoms with van der Waals surface area (Å²) in [6.07, 6.45) is 6.08. The van der Waals surface area contributed by atoms with Crippen LogP contribution in [0.1, 0.15) is 24.5 Å². The van der Waals surface area contributed by atoms with Gasteiger partial charge in [-0.2, -0.15) is 5.10 Å². The molecule has 1 saturated carbocycles. The molecule has 3 rings (SSSR count). The smallest absolute Gasteiger partial charge is 0.0922 e. The quantitative estimate of drug-likeness (QED) is 0.844. The molecule has 1 N–H and O–H groups in total. The molecule has 0 radical (unpaired) electrons. The zero-order valence-corrected chi connectivity index (χ0v) is 8.83. The van der Waals surface area contributed by atoms with E-state index in [0.29, 0.717) is 10.9 Å². The predicted molar refractivity (Wildman–Crippen MR) is 58.8 cm³/mol. The first-order chi connectivity index (χ1) is 7.36. The number of pyridine rings is 1. The van der Waals surface area contributed by atoms with Crippen LogP contribution in [0.4, 0.5) is 0 Å². The van der Waals surface area contributed by atoms with Gasteiger partial charge >= 0.3 is 0 Å². The third kappa shape index (κ3) is 1.53. The van der Waals surface area contributed by atoms with Crippen LogP contribution >= 0.6 is 11.6 Å². The first-order valence-corrected chi connectivity index (χ1v) is 5.38. The van der Waals surface area contributed by atoms with Gasteiger partial charge in [0.15, 0.2) is 0 Å². The molecule has 76 valence electrons. The molecule has 2 aromatic rings. The molecule has 4 heteroatoms. The topological polar surface area (TPSA) is 41.6 Å². The second-order valence-corrected chi connectivity index (χ2v) is 4.20. The van der Waals surface area contributed by atoms with Crippen LogP contribution in [0.2, 0.25) is 5.02 Å². The molecule has 2 heterocycles. The summed E-state index contributed by atoms with van der Waals surface area (Å²) in [6.45, 7) is 0. The highest BCUT2D eigenvalue weighted by Gasteiger charge is 2.29. The summed E-state index contributed by atoms with van der Waals surface area (Å²) in [6, 6.07) is 3.69. The minimum atomic E-state index is 0.601. The summed E-state index contributed by atoms with van der Waals surface area (Å²) >= 11 is 6.11. The fourth-order valence-electron chi connectivity index (χ4n) is 1.74. The molecule has 0 aromatic carbocycles. The van der Waals surface area contributed by atoms with E-state index in [1.165, 1.54) is 12.8 Å². The summed E-state index contributed by atoms with van der Waals surface area (Å²) in [5.74, 6) is 0.601. The molecule has 3 nitrogen and oxygen atoms in total. The van der Waals surface area contributed by atoms with Crippen molar-refractivity contribution in [1.82, 2.24) is 15.2 Å². The lowest BCUT2D eigenvalue weighted by Crippen LogP contribution is -1.88. The second kappa shape index (κ2) is 3.35. The lowest BCUT2D eigenvalue weighted by Gasteiger charge is -2.01. The van der Waals surface area contributed by atoms with Gasteiger partial charge < -0.3 is 0 Å². The van der Waals surface area contributed by atoms with Crippen LogP contribution in [0.25, 0.3) is 11.3 Å². The fourth-order valence-corrected chi connectivity index (χ4v) is 1.97. The lowest BCUT2D eigenvalue weighted by atomic mass is 10.1. The first-order valence-electron chi connectivity index (χ1n) is 5.01. The lowest BCUT2D eigenvalue weighted by molar-refractivity contribution is 0.965. The van der Waals surface area contributed by atoms with Gasteiger partial charge in [-0.05, 0) is 25.0 Å². The average molecular weight is 220 g/mol. The van der Waals surface area contributed by atoms with Crippen LogP contribution < -0.4 is 0 Å². The number of aromatic nitrogens is 3. The largest absolute Gasteiger partial charge is 0.285 e. The number of hydrogen-bond acceptors (Lipinski definition) is 2. The second-order valence-electron chi connectivity index (χ2n) is 3.79. The van der Waals surface area contributed by atoms with Crippen molar-refractivity contribution in [1.29, 1.82) is 0 Å². The average Bonchev–Trinajstić information content (AvgIpc) is 2.98. The van der Waals surface area contributed by atoms with Gasteiger partial charge in [-0.25, -0.2) is 0 Å². The maximum Gasteiger partial charge on any atom is 0.0922 e. The third-order valence-electron chi connectivity index (χ3n) is 2.65. The van der Waals surface area contributed by atoms with E-state index in [-0.39, 0.29) is 0 Å². The molecule has 15 heavy (non-hydrogen) atoms. The van der Waals surface area contributed by atoms with Gasteiger partial charge in [-0.15, -0.1) is 0 Å². The van der Waals surface area contributed by atoms with Crippen molar-refractivity contribution in [2.45, 2.75) is 18.8 Å². The van der Waals surface area contributed by atoms with Gasteiger partial charge in [0.25, 0.3) is 0 Å². The Morgan fingerprint density at radius 1 is 1.40 bits per heavy atom. The molecule has 0 atom stereocenters. The van der Waals surface area contributed by atoms with Gasteiger partial charge in [0.2, 0.25) is 0 Å². The van der Waals surface area contributed by atoms with Gasteiger partial charge in [-0.3, -0.25) is 10.1 Å². The van der Waals surface area contributed by atoms with E-state index in [9.17, 15) is 0 Å². The van der Waals surface area contributed by atoms with Gasteiger partial charge in [-0.1, -0.05) is 11.6 Å². The number of H-pyrrole nitrogens is 1. The molecule has 1 aliphatic rings. The van der Waals surface area contributed by atoms with Crippen LogP contribution in [0.15, 0.2) is 24.5 Å². The molecular formula is C11H10ClN3. The summed E-state index contributed by atoms with van der Waals surface area (Å²) in [7, 11) is 0. The molecule has 0 spiro atoms. The minimum absolute atomic E-state index is 0.601. The van der Waals surface area contributed by atoms with Crippen molar-refractivity contribution in [3.63, 3.8) is 0 Å². The predicted octanol–water partition coefficient (Wildman–Crippen LogP) is 3.00. The molecule has 0 amide bonds. The first kappa shape index (κ1) is 8.92. The van der Waals surface area contributed by atoms with Gasteiger partial charge in [0.1, 0.15) is 0 Å². The third-order valence-corrected chi connectivity index (χ3v) is 2.95. The maximum atomic E-state index is 6.11. The highest BCUT2D eigenvalue weighted by Crippen LogP contribution is 2.43. The molecule has 2 aromatic heterocycles. The van der Waals surface area contributed by atoms with Crippen LogP contribution in [-0.4, -0.2) is 15.2 Å². The van der Waals surface area contributed by atoms with Crippen molar-refractivity contribution >= 4 is 11.6 Å². The van der Waals surface area contributed by atoms with E-state index in [0.717, 1.165) is 17.0 Å². The Labute approximate surface area is 92.5 Å². The van der Waals surface area contributed by atoms with E-state index < -0.39 is 0 Å². The van der Waals surface area contributed by atoms with Gasteiger partial charge in [0.05, 0.1) is 16.4 Å². The van der Waals surface area contributed by atoms with Crippen molar-refractivity contribution in [2.75, 3.05) is 0 Å². The number of rotatable bonds is 2. The minimum Gasteiger partial charge on any atom is -0.285 e. The van der Waals surface area contributed by atoms with E-state index in [1.54, 1.807) is 6.20 Å². The maximum absolute atomic E-state index is 6.11. The SMILES string of the molecule is Clc1cccnc1-c1c[nH]nc1C1CC1. The molecule has 0 saturated heterocycles. The normalized spacial score (nSPS) is 15.5. The van der Waals surface area contributed by atoms with Crippen molar-refractivity contribution < 1.29 is 0 Å². The summed E-state index contributed by atoms with van der Waals surface area (Å²) < 4.78 is 0. The van der Waals surface area contributed by atoms with Crippen LogP contribution in [0.3, 0.4) is 0 Å². The van der Waals surface area contributed by atoms with Crippen LogP contribution in [-0.2, 0) is 0 Å². The Hall–Kier alpha value is -1.35. The number of hydrogen-bond donors (Lipinski definition) is 1. The number of aromatic amines is 1. The summed E-state index contributed by atoms with van der Waals surface area (Å²) in [5, 5.41) is 7.85. The highest BCUT2D eigenvalue weighted by molar-refractivity contribution is 6.33. The number of nitrogens with zero attached hydrogens (tertiary/aromatic N) is 2. The highest BCUT2D eigenvalue weighted by atomic mass is 35.5. The van der Waals surface area contributed by atoms with Crippen molar-refractivity contribution in [3.05, 3.63) is 35.2 Å². The molecule has 0 unspecified atom stereocenters. The summed E-state index contributed by atoms with van der Waals surface area (Å²) in [4.78, 5) is 4.30. The summed E-state index contributed by atoms with van der Waals surface area (Å²) in [5.41, 5.74) is 2.98. The Bertz CT molecular complexity index is 488. The Morgan fingerprint density at radius 3 is 3.00 bits per heavy atom. The molecule has 1 aliphatic carbocycles. The Morgan fingerprint density at radius 2 is 2.27 bits per heavy atom. The van der Waals surface area contributed by atoms with Crippen molar-refractivity contribution in [3.8, 4) is 11.3 Å². The van der Waals surface area contributed by atoms with Crippen LogP contribution in [0, 0.1) is 0 Å². The standard InChI is InChI=1S/C11H10ClN3/c12-9-2-1-5-13-11(9)8-6-14-15-10(8)7-3-4-7/h1-2,5-7H,3-4H2,(H,14,15). The zero-order chi connectivity index (χ0) is 10.3. The van der Waals surface area contributed by atoms with Crippen molar-refractivity contribution in [2.24, 2.45) is 0 Å². The Kier molecular flexibility index (Phi) is 1.99. The molecule has 0 aliphatic heterocycles.